The van der Waals surface area contributed by atoms with Crippen LogP contribution in [-0.4, -0.2) is 22.1 Å². The molecule has 0 saturated carbocycles. The van der Waals surface area contributed by atoms with E-state index in [0.717, 1.165) is 5.56 Å². The van der Waals surface area contributed by atoms with Crippen molar-refractivity contribution in [3.8, 4) is 11.5 Å². The summed E-state index contributed by atoms with van der Waals surface area (Å²) >= 11 is 5.89. The molecular formula is C13H13ClN2O3. The van der Waals surface area contributed by atoms with Crippen molar-refractivity contribution < 1.29 is 14.3 Å². The van der Waals surface area contributed by atoms with E-state index in [4.69, 9.17) is 21.1 Å². The molecule has 0 aliphatic carbocycles. The Labute approximate surface area is 115 Å². The van der Waals surface area contributed by atoms with E-state index in [2.05, 4.69) is 10.3 Å². The van der Waals surface area contributed by atoms with Gasteiger partial charge < -0.3 is 9.52 Å². The summed E-state index contributed by atoms with van der Waals surface area (Å²) < 4.78 is 5.34. The van der Waals surface area contributed by atoms with Gasteiger partial charge >= 0.3 is 5.97 Å². The molecule has 1 aromatic carbocycles. The lowest BCUT2D eigenvalue weighted by atomic mass is 10.2. The fraction of sp³-hybridized carbons (Fsp3) is 0.231. The van der Waals surface area contributed by atoms with Gasteiger partial charge in [0.2, 0.25) is 5.89 Å². The lowest BCUT2D eigenvalue weighted by Crippen LogP contribution is -2.33. The van der Waals surface area contributed by atoms with E-state index >= 15 is 0 Å². The fourth-order valence-corrected chi connectivity index (χ4v) is 1.68. The van der Waals surface area contributed by atoms with E-state index in [1.807, 2.05) is 12.1 Å². The zero-order chi connectivity index (χ0) is 13.8. The Morgan fingerprint density at radius 1 is 1.58 bits per heavy atom. The highest BCUT2D eigenvalue weighted by atomic mass is 35.5. The van der Waals surface area contributed by atoms with Gasteiger partial charge in [-0.05, 0) is 25.1 Å². The van der Waals surface area contributed by atoms with Crippen molar-refractivity contribution in [2.24, 2.45) is 0 Å². The summed E-state index contributed by atoms with van der Waals surface area (Å²) in [5.41, 5.74) is 1.42. The van der Waals surface area contributed by atoms with Crippen LogP contribution >= 0.6 is 11.6 Å². The van der Waals surface area contributed by atoms with Crippen molar-refractivity contribution >= 4 is 17.6 Å². The Morgan fingerprint density at radius 2 is 2.37 bits per heavy atom. The molecule has 5 nitrogen and oxygen atoms in total. The van der Waals surface area contributed by atoms with Gasteiger partial charge in [0, 0.05) is 17.1 Å². The van der Waals surface area contributed by atoms with Gasteiger partial charge in [0.15, 0.2) is 0 Å². The van der Waals surface area contributed by atoms with Gasteiger partial charge in [0.1, 0.15) is 12.3 Å². The van der Waals surface area contributed by atoms with Gasteiger partial charge in [0.05, 0.1) is 5.69 Å². The first-order valence-corrected chi connectivity index (χ1v) is 6.10. The molecule has 1 atom stereocenters. The summed E-state index contributed by atoms with van der Waals surface area (Å²) in [7, 11) is 0. The molecule has 0 radical (unpaired) electrons. The van der Waals surface area contributed by atoms with Gasteiger partial charge in [-0.25, -0.2) is 4.98 Å². The third-order valence-electron chi connectivity index (χ3n) is 2.58. The topological polar surface area (TPSA) is 75.4 Å². The summed E-state index contributed by atoms with van der Waals surface area (Å²) in [6.07, 6.45) is 1.50. The second-order valence-corrected chi connectivity index (χ2v) is 4.53. The fourth-order valence-electron chi connectivity index (χ4n) is 1.49. The molecule has 1 heterocycles. The average Bonchev–Trinajstić information content (AvgIpc) is 2.84. The molecule has 0 unspecified atom stereocenters. The van der Waals surface area contributed by atoms with E-state index in [0.29, 0.717) is 23.2 Å². The van der Waals surface area contributed by atoms with Crippen LogP contribution in [0.3, 0.4) is 0 Å². The molecule has 6 heteroatoms. The predicted molar refractivity (Wildman–Crippen MR) is 70.9 cm³/mol. The Bertz CT molecular complexity index is 583. The number of carbonyl (C=O) groups is 1. The lowest BCUT2D eigenvalue weighted by Gasteiger charge is -2.05. The number of oxazole rings is 1. The van der Waals surface area contributed by atoms with Gasteiger partial charge in [0.25, 0.3) is 0 Å². The summed E-state index contributed by atoms with van der Waals surface area (Å²) in [6.45, 7) is 1.90. The summed E-state index contributed by atoms with van der Waals surface area (Å²) in [4.78, 5) is 14.9. The van der Waals surface area contributed by atoms with Crippen LogP contribution in [0.2, 0.25) is 5.02 Å². The molecule has 0 aliphatic rings. The highest BCUT2D eigenvalue weighted by Crippen LogP contribution is 2.21. The molecule has 2 aromatic rings. The minimum absolute atomic E-state index is 0.331. The third-order valence-corrected chi connectivity index (χ3v) is 2.82. The van der Waals surface area contributed by atoms with E-state index < -0.39 is 12.0 Å². The predicted octanol–water partition coefficient (Wildman–Crippen LogP) is 2.56. The summed E-state index contributed by atoms with van der Waals surface area (Å²) in [5, 5.41) is 12.2. The smallest absolute Gasteiger partial charge is 0.320 e. The molecule has 19 heavy (non-hydrogen) atoms. The van der Waals surface area contributed by atoms with Crippen LogP contribution in [0.5, 0.6) is 0 Å². The van der Waals surface area contributed by atoms with Crippen LogP contribution < -0.4 is 5.32 Å². The van der Waals surface area contributed by atoms with Gasteiger partial charge in [-0.1, -0.05) is 17.7 Å². The highest BCUT2D eigenvalue weighted by molar-refractivity contribution is 6.30. The van der Waals surface area contributed by atoms with Crippen LogP contribution in [0.4, 0.5) is 0 Å². The number of nitrogens with zero attached hydrogens (tertiary/aromatic N) is 1. The van der Waals surface area contributed by atoms with E-state index in [1.54, 1.807) is 19.1 Å². The van der Waals surface area contributed by atoms with Crippen molar-refractivity contribution in [2.75, 3.05) is 0 Å². The van der Waals surface area contributed by atoms with Crippen molar-refractivity contribution in [2.45, 2.75) is 19.5 Å². The SMILES string of the molecule is C[C@@H](NCc1coc(-c2cccc(Cl)c2)n1)C(=O)O. The largest absolute Gasteiger partial charge is 0.480 e. The number of nitrogens with one attached hydrogen (secondary N) is 1. The molecule has 0 spiro atoms. The van der Waals surface area contributed by atoms with Crippen molar-refractivity contribution in [1.82, 2.24) is 10.3 Å². The number of benzene rings is 1. The maximum absolute atomic E-state index is 10.7. The first-order valence-electron chi connectivity index (χ1n) is 5.73. The Hall–Kier alpha value is -1.85. The summed E-state index contributed by atoms with van der Waals surface area (Å²) in [5.74, 6) is -0.444. The monoisotopic (exact) mass is 280 g/mol. The van der Waals surface area contributed by atoms with Gasteiger partial charge in [-0.2, -0.15) is 0 Å². The van der Waals surface area contributed by atoms with Crippen LogP contribution in [-0.2, 0) is 11.3 Å². The molecule has 1 aromatic heterocycles. The van der Waals surface area contributed by atoms with E-state index in [9.17, 15) is 4.79 Å². The average molecular weight is 281 g/mol. The molecule has 0 bridgehead atoms. The van der Waals surface area contributed by atoms with Gasteiger partial charge in [-0.3, -0.25) is 10.1 Å². The Morgan fingerprint density at radius 3 is 3.05 bits per heavy atom. The molecule has 0 amide bonds. The number of aromatic nitrogens is 1. The Kier molecular flexibility index (Phi) is 4.19. The number of halogens is 1. The van der Waals surface area contributed by atoms with Crippen LogP contribution in [0.25, 0.3) is 11.5 Å². The zero-order valence-corrected chi connectivity index (χ0v) is 11.0. The zero-order valence-electron chi connectivity index (χ0n) is 10.3. The van der Waals surface area contributed by atoms with Crippen LogP contribution in [0.15, 0.2) is 34.9 Å². The summed E-state index contributed by atoms with van der Waals surface area (Å²) in [6, 6.07) is 6.54. The minimum Gasteiger partial charge on any atom is -0.480 e. The number of carboxylic acid groups (broad SMARTS) is 1. The molecular weight excluding hydrogens is 268 g/mol. The maximum Gasteiger partial charge on any atom is 0.320 e. The lowest BCUT2D eigenvalue weighted by molar-refractivity contribution is -0.139. The van der Waals surface area contributed by atoms with Crippen molar-refractivity contribution in [3.05, 3.63) is 41.2 Å². The molecule has 0 fully saturated rings. The minimum atomic E-state index is -0.904. The van der Waals surface area contributed by atoms with Gasteiger partial charge in [-0.15, -0.1) is 0 Å². The van der Waals surface area contributed by atoms with Crippen LogP contribution in [0, 0.1) is 0 Å². The van der Waals surface area contributed by atoms with Crippen LogP contribution in [0.1, 0.15) is 12.6 Å². The molecule has 100 valence electrons. The number of hydrogen-bond donors (Lipinski definition) is 2. The van der Waals surface area contributed by atoms with Crippen molar-refractivity contribution in [1.29, 1.82) is 0 Å². The number of aliphatic carboxylic acids is 1. The maximum atomic E-state index is 10.7. The first-order chi connectivity index (χ1) is 9.06. The first kappa shape index (κ1) is 13.6. The van der Waals surface area contributed by atoms with E-state index in [-0.39, 0.29) is 0 Å². The molecule has 0 saturated heterocycles. The highest BCUT2D eigenvalue weighted by Gasteiger charge is 2.12. The third kappa shape index (κ3) is 3.56. The Balaban J connectivity index is 2.05. The standard InChI is InChI=1S/C13H13ClN2O3/c1-8(13(17)18)15-6-11-7-19-12(16-11)9-3-2-4-10(14)5-9/h2-5,7-8,15H,6H2,1H3,(H,17,18)/t8-/m1/s1. The molecule has 0 aliphatic heterocycles. The molecule has 2 N–H and O–H groups in total. The van der Waals surface area contributed by atoms with Crippen molar-refractivity contribution in [3.63, 3.8) is 0 Å². The van der Waals surface area contributed by atoms with E-state index in [1.165, 1.54) is 6.26 Å². The normalized spacial score (nSPS) is 12.3. The second kappa shape index (κ2) is 5.86. The number of hydrogen-bond acceptors (Lipinski definition) is 4. The number of carboxylic acids is 1. The second-order valence-electron chi connectivity index (χ2n) is 4.10. The molecule has 2 rings (SSSR count). The number of rotatable bonds is 5. The quantitative estimate of drug-likeness (QED) is 0.880.